The normalized spacial score (nSPS) is 11.6. The first-order valence-electron chi connectivity index (χ1n) is 49.7. The van der Waals surface area contributed by atoms with Crippen molar-refractivity contribution in [1.29, 1.82) is 0 Å². The van der Waals surface area contributed by atoms with Crippen molar-refractivity contribution >= 4 is 131 Å². The van der Waals surface area contributed by atoms with Crippen LogP contribution in [0.4, 0.5) is 0 Å². The lowest BCUT2D eigenvalue weighted by Crippen LogP contribution is -2.05. The molecule has 0 saturated heterocycles. The molecule has 0 aliphatic heterocycles. The summed E-state index contributed by atoms with van der Waals surface area (Å²) in [4.78, 5) is 59.3. The van der Waals surface area contributed by atoms with Crippen LogP contribution in [0, 0.1) is 0 Å². The van der Waals surface area contributed by atoms with Gasteiger partial charge in [0.15, 0.2) is 52.4 Å². The molecule has 150 heavy (non-hydrogen) atoms. The van der Waals surface area contributed by atoms with Crippen molar-refractivity contribution < 1.29 is 13.3 Å². The number of furan rings is 3. The average Bonchev–Trinajstić information content (AvgIpc) is 1.57. The van der Waals surface area contributed by atoms with Gasteiger partial charge in [-0.1, -0.05) is 346 Å². The summed E-state index contributed by atoms with van der Waals surface area (Å²) in [6.07, 6.45) is 5.52. The van der Waals surface area contributed by atoms with Crippen LogP contribution in [0.15, 0.2) is 505 Å². The van der Waals surface area contributed by atoms with E-state index >= 15 is 0 Å². The maximum Gasteiger partial charge on any atom is 0.167 e. The molecule has 702 valence electrons. The van der Waals surface area contributed by atoms with Gasteiger partial charge in [-0.05, 0) is 161 Å². The second-order valence-electron chi connectivity index (χ2n) is 36.9. The van der Waals surface area contributed by atoms with Gasteiger partial charge in [0.25, 0.3) is 0 Å². The van der Waals surface area contributed by atoms with Crippen LogP contribution in [0.25, 0.3) is 285 Å². The van der Waals surface area contributed by atoms with Crippen molar-refractivity contribution in [3.63, 3.8) is 0 Å². The largest absolute Gasteiger partial charge is 0.456 e. The number of para-hydroxylation sites is 6. The van der Waals surface area contributed by atoms with Gasteiger partial charge >= 0.3 is 0 Å². The first-order valence-corrected chi connectivity index (χ1v) is 49.7. The van der Waals surface area contributed by atoms with Crippen LogP contribution in [-0.4, -0.2) is 73.5 Å². The number of pyridine rings is 3. The minimum Gasteiger partial charge on any atom is -0.456 e. The van der Waals surface area contributed by atoms with E-state index in [9.17, 15) is 0 Å². The molecule has 18 nitrogen and oxygen atoms in total. The molecular weight excluding hydrogens is 1840 g/mol. The van der Waals surface area contributed by atoms with Crippen LogP contribution < -0.4 is 0 Å². The maximum absolute atomic E-state index is 6.23. The summed E-state index contributed by atoms with van der Waals surface area (Å²) in [5.74, 6) is 7.77. The fourth-order valence-corrected chi connectivity index (χ4v) is 21.1. The lowest BCUT2D eigenvalue weighted by atomic mass is 9.98. The molecule has 0 bridgehead atoms. The highest BCUT2D eigenvalue weighted by Gasteiger charge is 2.27. The Labute approximate surface area is 857 Å². The summed E-state index contributed by atoms with van der Waals surface area (Å²) < 4.78 is 25.3. The molecule has 12 heterocycles. The number of fused-ring (bicyclic) bond motifs is 18. The van der Waals surface area contributed by atoms with Gasteiger partial charge in [-0.25, -0.2) is 59.8 Å². The predicted octanol–water partition coefficient (Wildman–Crippen LogP) is 32.8. The van der Waals surface area contributed by atoms with Crippen molar-refractivity contribution in [2.45, 2.75) is 0 Å². The Morgan fingerprint density at radius 2 is 0.440 bits per heavy atom. The Morgan fingerprint density at radius 3 is 0.807 bits per heavy atom. The molecule has 30 rings (SSSR count). The van der Waals surface area contributed by atoms with E-state index in [1.54, 1.807) is 0 Å². The first-order chi connectivity index (χ1) is 74.4. The van der Waals surface area contributed by atoms with Gasteiger partial charge in [-0.15, -0.1) is 0 Å². The SMILES string of the molecule is c1ccc(-c2nc(-c3ccccc3)nc(-c3ccc(-n4c5ccccc5c5cc(-c6cccc7oc8ccccc8c67)ccc54)nc3)n2)cc1.c1ccc(-c2nc(-c3ccccc3)nc(-c3cccnc3-n3c4ccccc4c4cc(-c5cccc6oc7ccccc7c56)ccc43)n2)cc1.c1ccc(-c2nc(-c3ccccc3)nc(-c3ccnc(-n4c5ccccc5c5cc(-c6cccc7oc8ccccc8c67)ccc54)c3)n2)cc1. The van der Waals surface area contributed by atoms with Gasteiger partial charge < -0.3 is 13.3 Å². The molecule has 18 aromatic carbocycles. The highest BCUT2D eigenvalue weighted by atomic mass is 16.3. The van der Waals surface area contributed by atoms with Crippen molar-refractivity contribution in [3.8, 4) is 153 Å². The van der Waals surface area contributed by atoms with Gasteiger partial charge in [0.2, 0.25) is 0 Å². The second-order valence-corrected chi connectivity index (χ2v) is 36.9. The molecule has 12 aromatic heterocycles. The number of nitrogens with zero attached hydrogens (tertiary/aromatic N) is 15. The van der Waals surface area contributed by atoms with E-state index in [4.69, 9.17) is 73.1 Å². The second kappa shape index (κ2) is 36.9. The summed E-state index contributed by atoms with van der Waals surface area (Å²) in [5, 5.41) is 13.6. The standard InChI is InChI=1S/3C44H27N5O/c1-3-13-28(14-4-1)41-46-42(29-15-5-2-6-16-29)48-43(47-41)34-20-12-26-45-44(34)49-36-21-9-7-17-32(36)35-27-30(24-25-37(35)49)31-19-11-23-39-40(31)33-18-8-10-22-38(33)50-39;1-3-12-28(13-4-1)42-46-43(29-14-5-2-6-15-29)48-44(47-42)31-23-25-40(45-27-31)49-36-19-9-7-16-33(36)35-26-30(22-24-37(35)49)32-18-11-21-39-41(32)34-17-8-10-20-38(34)50-39;1-3-12-28(13-4-1)42-46-43(29-14-5-2-6-15-29)48-44(47-42)31-24-25-45-40(27-31)49-36-19-9-7-16-33(36)35-26-30(22-23-37(35)49)32-18-11-21-39-41(32)34-17-8-10-20-38(34)50-39/h3*1-27H. The van der Waals surface area contributed by atoms with Crippen LogP contribution in [0.3, 0.4) is 0 Å². The number of rotatable bonds is 15. The van der Waals surface area contributed by atoms with E-state index in [-0.39, 0.29) is 0 Å². The summed E-state index contributed by atoms with van der Waals surface area (Å²) >= 11 is 0. The van der Waals surface area contributed by atoms with Crippen LogP contribution in [-0.2, 0) is 0 Å². The third-order valence-electron chi connectivity index (χ3n) is 28.0. The Bertz CT molecular complexity index is 10300. The Morgan fingerprint density at radius 1 is 0.153 bits per heavy atom. The van der Waals surface area contributed by atoms with E-state index in [1.165, 1.54) is 0 Å². The molecule has 0 unspecified atom stereocenters. The third kappa shape index (κ3) is 15.5. The molecule has 0 aliphatic carbocycles. The van der Waals surface area contributed by atoms with Gasteiger partial charge in [-0.2, -0.15) is 0 Å². The number of hydrogen-bond acceptors (Lipinski definition) is 15. The van der Waals surface area contributed by atoms with E-state index in [0.29, 0.717) is 52.4 Å². The lowest BCUT2D eigenvalue weighted by molar-refractivity contribution is 0.668. The smallest absolute Gasteiger partial charge is 0.167 e. The minimum atomic E-state index is 0.557. The Kier molecular flexibility index (Phi) is 21.4. The summed E-state index contributed by atoms with van der Waals surface area (Å²) in [5.41, 5.74) is 26.6. The Balaban J connectivity index is 0.000000108. The molecule has 0 N–H and O–H groups in total. The maximum atomic E-state index is 6.23. The molecule has 0 amide bonds. The van der Waals surface area contributed by atoms with E-state index in [0.717, 1.165) is 232 Å². The molecule has 0 spiro atoms. The van der Waals surface area contributed by atoms with Crippen LogP contribution >= 0.6 is 0 Å². The molecule has 0 fully saturated rings. The van der Waals surface area contributed by atoms with Crippen LogP contribution in [0.2, 0.25) is 0 Å². The average molecular weight is 1930 g/mol. The van der Waals surface area contributed by atoms with Gasteiger partial charge in [0, 0.05) is 128 Å². The van der Waals surface area contributed by atoms with Gasteiger partial charge in [0.1, 0.15) is 51.0 Å². The van der Waals surface area contributed by atoms with Crippen molar-refractivity contribution in [2.24, 2.45) is 0 Å². The fourth-order valence-electron chi connectivity index (χ4n) is 21.1. The molecular formula is C132H81N15O3. The van der Waals surface area contributed by atoms with Gasteiger partial charge in [0.05, 0.1) is 38.7 Å². The molecule has 30 aromatic rings. The number of aromatic nitrogens is 15. The zero-order valence-electron chi connectivity index (χ0n) is 80.2. The third-order valence-corrected chi connectivity index (χ3v) is 28.0. The zero-order chi connectivity index (χ0) is 99.1. The fraction of sp³-hybridized carbons (Fsp3) is 0. The van der Waals surface area contributed by atoms with E-state index in [1.807, 2.05) is 286 Å². The number of hydrogen-bond donors (Lipinski definition) is 0. The van der Waals surface area contributed by atoms with Crippen molar-refractivity contribution in [3.05, 3.63) is 492 Å². The predicted molar refractivity (Wildman–Crippen MR) is 603 cm³/mol. The van der Waals surface area contributed by atoms with Crippen molar-refractivity contribution in [2.75, 3.05) is 0 Å². The first kappa shape index (κ1) is 87.1. The van der Waals surface area contributed by atoms with E-state index in [2.05, 4.69) is 220 Å². The zero-order valence-corrected chi connectivity index (χ0v) is 80.2. The van der Waals surface area contributed by atoms with Crippen LogP contribution in [0.5, 0.6) is 0 Å². The Hall–Kier alpha value is -20.8. The summed E-state index contributed by atoms with van der Waals surface area (Å²) in [6, 6.07) is 161. The molecule has 0 aliphatic rings. The summed E-state index contributed by atoms with van der Waals surface area (Å²) in [7, 11) is 0. The number of benzene rings is 18. The molecule has 18 heteroatoms. The highest BCUT2D eigenvalue weighted by molar-refractivity contribution is 6.19. The van der Waals surface area contributed by atoms with Crippen molar-refractivity contribution in [1.82, 2.24) is 73.5 Å². The van der Waals surface area contributed by atoms with Gasteiger partial charge in [-0.3, -0.25) is 13.7 Å². The highest BCUT2D eigenvalue weighted by Crippen LogP contribution is 2.47. The van der Waals surface area contributed by atoms with Crippen LogP contribution in [0.1, 0.15) is 0 Å². The molecule has 0 radical (unpaired) electrons. The molecule has 0 saturated carbocycles. The van der Waals surface area contributed by atoms with E-state index < -0.39 is 0 Å². The quantitative estimate of drug-likeness (QED) is 0.0935. The molecule has 0 atom stereocenters. The summed E-state index contributed by atoms with van der Waals surface area (Å²) in [6.45, 7) is 0. The minimum absolute atomic E-state index is 0.557. The monoisotopic (exact) mass is 1920 g/mol. The lowest BCUT2D eigenvalue weighted by Gasteiger charge is -2.13. The topological polar surface area (TPSA) is 209 Å².